The summed E-state index contributed by atoms with van der Waals surface area (Å²) in [6.45, 7) is 0. The van der Waals surface area contributed by atoms with Crippen LogP contribution in [-0.2, 0) is 0 Å². The zero-order valence-corrected chi connectivity index (χ0v) is 10.3. The Hall–Kier alpha value is -2.02. The van der Waals surface area contributed by atoms with Gasteiger partial charge in [-0.15, -0.1) is 0 Å². The van der Waals surface area contributed by atoms with Gasteiger partial charge in [0.05, 0.1) is 14.8 Å². The number of hydrogen-bond donors (Lipinski definition) is 1. The van der Waals surface area contributed by atoms with Crippen LogP contribution >= 0.6 is 15.9 Å². The molecule has 0 aliphatic carbocycles. The summed E-state index contributed by atoms with van der Waals surface area (Å²) in [5, 5.41) is 19.9. The molecule has 0 radical (unpaired) electrons. The fourth-order valence-electron chi connectivity index (χ4n) is 1.72. The van der Waals surface area contributed by atoms with Crippen molar-refractivity contribution in [1.82, 2.24) is 0 Å². The molecular formula is C11H5BrFNO4. The van der Waals surface area contributed by atoms with E-state index in [0.717, 1.165) is 0 Å². The molecule has 1 N–H and O–H groups in total. The average Bonchev–Trinajstić information content (AvgIpc) is 2.29. The minimum atomic E-state index is -1.47. The predicted molar refractivity (Wildman–Crippen MR) is 65.2 cm³/mol. The average molecular weight is 314 g/mol. The van der Waals surface area contributed by atoms with E-state index in [2.05, 4.69) is 15.9 Å². The van der Waals surface area contributed by atoms with Gasteiger partial charge in [-0.05, 0) is 22.0 Å². The lowest BCUT2D eigenvalue weighted by atomic mass is 10.0. The number of rotatable bonds is 2. The zero-order chi connectivity index (χ0) is 13.4. The Morgan fingerprint density at radius 3 is 2.61 bits per heavy atom. The Morgan fingerprint density at radius 1 is 1.39 bits per heavy atom. The first-order valence-corrected chi connectivity index (χ1v) is 5.51. The van der Waals surface area contributed by atoms with Crippen LogP contribution in [0.3, 0.4) is 0 Å². The lowest BCUT2D eigenvalue weighted by Gasteiger charge is -2.06. The van der Waals surface area contributed by atoms with Gasteiger partial charge in [0.2, 0.25) is 0 Å². The van der Waals surface area contributed by atoms with Crippen LogP contribution in [0.4, 0.5) is 10.1 Å². The molecule has 0 bridgehead atoms. The van der Waals surface area contributed by atoms with E-state index in [1.54, 1.807) is 0 Å². The van der Waals surface area contributed by atoms with Crippen LogP contribution in [0.15, 0.2) is 28.7 Å². The van der Waals surface area contributed by atoms with E-state index < -0.39 is 22.3 Å². The Morgan fingerprint density at radius 2 is 2.06 bits per heavy atom. The summed E-state index contributed by atoms with van der Waals surface area (Å²) in [5.74, 6) is -2.42. The number of aromatic carboxylic acids is 1. The van der Waals surface area contributed by atoms with Crippen molar-refractivity contribution in [3.8, 4) is 0 Å². The molecule has 0 amide bonds. The van der Waals surface area contributed by atoms with Gasteiger partial charge < -0.3 is 5.11 Å². The summed E-state index contributed by atoms with van der Waals surface area (Å²) in [7, 11) is 0. The Kier molecular flexibility index (Phi) is 3.00. The molecule has 0 saturated heterocycles. The molecule has 0 heterocycles. The number of nitro groups is 1. The molecule has 0 aliphatic rings. The maximum Gasteiger partial charge on any atom is 0.339 e. The highest BCUT2D eigenvalue weighted by Gasteiger charge is 2.22. The molecule has 2 aromatic rings. The van der Waals surface area contributed by atoms with Gasteiger partial charge in [0.15, 0.2) is 5.82 Å². The van der Waals surface area contributed by atoms with Gasteiger partial charge in [-0.25, -0.2) is 9.18 Å². The highest BCUT2D eigenvalue weighted by Crippen LogP contribution is 2.33. The molecular weight excluding hydrogens is 309 g/mol. The summed E-state index contributed by atoms with van der Waals surface area (Å²) >= 11 is 2.86. The molecule has 5 nitrogen and oxygen atoms in total. The maximum atomic E-state index is 13.7. The zero-order valence-electron chi connectivity index (χ0n) is 8.68. The van der Waals surface area contributed by atoms with Crippen LogP contribution in [0.5, 0.6) is 0 Å². The molecule has 0 saturated carbocycles. The van der Waals surface area contributed by atoms with Crippen molar-refractivity contribution in [2.75, 3.05) is 0 Å². The molecule has 2 rings (SSSR count). The van der Waals surface area contributed by atoms with E-state index >= 15 is 0 Å². The van der Waals surface area contributed by atoms with E-state index in [-0.39, 0.29) is 20.9 Å². The fraction of sp³-hybridized carbons (Fsp3) is 0. The van der Waals surface area contributed by atoms with Gasteiger partial charge in [-0.3, -0.25) is 10.1 Å². The standard InChI is InChI=1S/C11H5BrFNO4/c12-7-4-6-5(9(10(7)13)11(15)16)2-1-3-8(6)14(17)18/h1-4H,(H,15,16). The number of carboxylic acid groups (broad SMARTS) is 1. The van der Waals surface area contributed by atoms with Crippen molar-refractivity contribution >= 4 is 38.4 Å². The second-order valence-electron chi connectivity index (χ2n) is 3.48. The molecule has 0 aromatic heterocycles. The second kappa shape index (κ2) is 4.34. The van der Waals surface area contributed by atoms with Gasteiger partial charge in [0.25, 0.3) is 5.69 Å². The molecule has 0 atom stereocenters. The lowest BCUT2D eigenvalue weighted by Crippen LogP contribution is -2.03. The molecule has 7 heteroatoms. The highest BCUT2D eigenvalue weighted by atomic mass is 79.9. The van der Waals surface area contributed by atoms with Crippen molar-refractivity contribution in [1.29, 1.82) is 0 Å². The van der Waals surface area contributed by atoms with Crippen LogP contribution in [0.25, 0.3) is 10.8 Å². The van der Waals surface area contributed by atoms with Crippen molar-refractivity contribution in [2.24, 2.45) is 0 Å². The van der Waals surface area contributed by atoms with E-state index in [9.17, 15) is 19.3 Å². The number of fused-ring (bicyclic) bond motifs is 1. The first-order valence-electron chi connectivity index (χ1n) is 4.72. The summed E-state index contributed by atoms with van der Waals surface area (Å²) < 4.78 is 13.6. The molecule has 0 spiro atoms. The van der Waals surface area contributed by atoms with E-state index in [0.29, 0.717) is 0 Å². The van der Waals surface area contributed by atoms with E-state index in [1.807, 2.05) is 0 Å². The van der Waals surface area contributed by atoms with E-state index in [1.165, 1.54) is 24.3 Å². The minimum Gasteiger partial charge on any atom is -0.478 e. The molecule has 0 aliphatic heterocycles. The van der Waals surface area contributed by atoms with Gasteiger partial charge in [-0.2, -0.15) is 0 Å². The minimum absolute atomic E-state index is 0.00241. The summed E-state index contributed by atoms with van der Waals surface area (Å²) in [6, 6.07) is 5.09. The molecule has 18 heavy (non-hydrogen) atoms. The molecule has 92 valence electrons. The third-order valence-corrected chi connectivity index (χ3v) is 3.04. The summed E-state index contributed by atoms with van der Waals surface area (Å²) in [5.41, 5.74) is -0.848. The second-order valence-corrected chi connectivity index (χ2v) is 4.34. The quantitative estimate of drug-likeness (QED) is 0.681. The number of benzene rings is 2. The first-order chi connectivity index (χ1) is 8.43. The Labute approximate surface area is 108 Å². The third-order valence-electron chi connectivity index (χ3n) is 2.46. The Bertz CT molecular complexity index is 686. The van der Waals surface area contributed by atoms with Crippen LogP contribution in [0, 0.1) is 15.9 Å². The first kappa shape index (κ1) is 12.4. The molecule has 2 aromatic carbocycles. The predicted octanol–water partition coefficient (Wildman–Crippen LogP) is 3.35. The number of nitro benzene ring substituents is 1. The van der Waals surface area contributed by atoms with Crippen LogP contribution in [0.1, 0.15) is 10.4 Å². The van der Waals surface area contributed by atoms with Crippen molar-refractivity contribution < 1.29 is 19.2 Å². The lowest BCUT2D eigenvalue weighted by molar-refractivity contribution is -0.383. The highest BCUT2D eigenvalue weighted by molar-refractivity contribution is 9.10. The summed E-state index contributed by atoms with van der Waals surface area (Å²) in [4.78, 5) is 21.2. The number of carboxylic acids is 1. The van der Waals surface area contributed by atoms with Crippen LogP contribution < -0.4 is 0 Å². The van der Waals surface area contributed by atoms with Crippen molar-refractivity contribution in [2.45, 2.75) is 0 Å². The summed E-state index contributed by atoms with van der Waals surface area (Å²) in [6.07, 6.45) is 0. The number of halogens is 2. The van der Waals surface area contributed by atoms with Crippen molar-refractivity contribution in [3.63, 3.8) is 0 Å². The Balaban J connectivity index is 3.00. The normalized spacial score (nSPS) is 10.6. The van der Waals surface area contributed by atoms with Crippen molar-refractivity contribution in [3.05, 3.63) is 50.2 Å². The number of nitrogens with zero attached hydrogens (tertiary/aromatic N) is 1. The van der Waals surface area contributed by atoms with Gasteiger partial charge in [0.1, 0.15) is 5.56 Å². The van der Waals surface area contributed by atoms with Crippen LogP contribution in [-0.4, -0.2) is 16.0 Å². The monoisotopic (exact) mass is 313 g/mol. The van der Waals surface area contributed by atoms with Gasteiger partial charge >= 0.3 is 5.97 Å². The smallest absolute Gasteiger partial charge is 0.339 e. The van der Waals surface area contributed by atoms with E-state index in [4.69, 9.17) is 5.11 Å². The van der Waals surface area contributed by atoms with Gasteiger partial charge in [0, 0.05) is 11.5 Å². The number of non-ortho nitro benzene ring substituents is 1. The topological polar surface area (TPSA) is 80.4 Å². The van der Waals surface area contributed by atoms with Gasteiger partial charge in [-0.1, -0.05) is 12.1 Å². The largest absolute Gasteiger partial charge is 0.478 e. The maximum absolute atomic E-state index is 13.7. The van der Waals surface area contributed by atoms with Crippen LogP contribution in [0.2, 0.25) is 0 Å². The SMILES string of the molecule is O=C(O)c1c(F)c(Br)cc2c([N+](=O)[O-])cccc12. The molecule has 0 unspecified atom stereocenters. The fourth-order valence-corrected chi connectivity index (χ4v) is 2.15. The number of carbonyl (C=O) groups is 1. The third kappa shape index (κ3) is 1.82. The molecule has 0 fully saturated rings. The number of hydrogen-bond acceptors (Lipinski definition) is 3.